The van der Waals surface area contributed by atoms with E-state index in [1.165, 1.54) is 13.2 Å². The van der Waals surface area contributed by atoms with E-state index in [9.17, 15) is 14.7 Å². The second kappa shape index (κ2) is 8.50. The molecule has 3 saturated carbocycles. The number of carbonyl (C=O) groups is 2. The first-order chi connectivity index (χ1) is 17.6. The van der Waals surface area contributed by atoms with Gasteiger partial charge < -0.3 is 19.3 Å². The van der Waals surface area contributed by atoms with Crippen LogP contribution in [0, 0.1) is 34.4 Å². The summed E-state index contributed by atoms with van der Waals surface area (Å²) in [5, 5.41) is 11.6. The number of benzene rings is 1. The summed E-state index contributed by atoms with van der Waals surface area (Å²) in [5.41, 5.74) is -1.07. The lowest BCUT2D eigenvalue weighted by molar-refractivity contribution is -0.195. The van der Waals surface area contributed by atoms with Gasteiger partial charge in [0.2, 0.25) is 5.12 Å². The van der Waals surface area contributed by atoms with Crippen LogP contribution in [0.15, 0.2) is 42.0 Å². The Labute approximate surface area is 220 Å². The quantitative estimate of drug-likeness (QED) is 0.606. The highest BCUT2D eigenvalue weighted by molar-refractivity contribution is 8.13. The lowest BCUT2D eigenvalue weighted by atomic mass is 9.46. The number of aliphatic hydroxyl groups excluding tert-OH is 1. The molecule has 8 heteroatoms. The van der Waals surface area contributed by atoms with Crippen LogP contribution in [0.25, 0.3) is 0 Å². The second-order valence-corrected chi connectivity index (χ2v) is 12.4. The smallest absolute Gasteiger partial charge is 0.223 e. The number of rotatable bonds is 3. The third-order valence-electron chi connectivity index (χ3n) is 10.2. The monoisotopic (exact) mass is 528 g/mol. The molecule has 1 saturated heterocycles. The van der Waals surface area contributed by atoms with E-state index in [4.69, 9.17) is 14.2 Å². The average molecular weight is 529 g/mol. The molecule has 198 valence electrons. The Hall–Kier alpha value is -2.00. The van der Waals surface area contributed by atoms with Gasteiger partial charge in [-0.1, -0.05) is 37.3 Å². The number of hydrogen-bond donors (Lipinski definition) is 1. The molecule has 4 fully saturated rings. The number of ketones is 1. The summed E-state index contributed by atoms with van der Waals surface area (Å²) in [7, 11) is 1.47. The molecule has 0 bridgehead atoms. The maximum Gasteiger partial charge on any atom is 0.223 e. The van der Waals surface area contributed by atoms with E-state index >= 15 is 4.39 Å². The van der Waals surface area contributed by atoms with Crippen molar-refractivity contribution in [3.63, 3.8) is 0 Å². The molecule has 9 atom stereocenters. The van der Waals surface area contributed by atoms with Gasteiger partial charge in [-0.15, -0.1) is 0 Å². The van der Waals surface area contributed by atoms with Crippen LogP contribution in [0.4, 0.5) is 4.39 Å². The summed E-state index contributed by atoms with van der Waals surface area (Å²) in [6, 6.07) is 4.52. The first-order valence-corrected chi connectivity index (χ1v) is 14.2. The SMILES string of the molecule is COc1ccc([C@H]2O[C@@H]3C[C@H]4[C@@H]5CCC6=CC(=O)C=C[C@]6(C)[C@H]5[C@@H](O)C[C@]4(C)[C@]3(C(=O)SC)O2)c(F)c1. The molecule has 0 radical (unpaired) electrons. The molecule has 1 aliphatic heterocycles. The van der Waals surface area contributed by atoms with E-state index < -0.39 is 40.7 Å². The van der Waals surface area contributed by atoms with Gasteiger partial charge in [-0.2, -0.15) is 0 Å². The number of fused-ring (bicyclic) bond motifs is 7. The molecule has 0 amide bonds. The van der Waals surface area contributed by atoms with Gasteiger partial charge in [0, 0.05) is 28.4 Å². The fraction of sp³-hybridized carbons (Fsp3) is 0.586. The fourth-order valence-electron chi connectivity index (χ4n) is 8.53. The summed E-state index contributed by atoms with van der Waals surface area (Å²) in [5.74, 6) is 0.0205. The van der Waals surface area contributed by atoms with E-state index in [0.29, 0.717) is 18.6 Å². The Bertz CT molecular complexity index is 1230. The Morgan fingerprint density at radius 3 is 2.78 bits per heavy atom. The highest BCUT2D eigenvalue weighted by Gasteiger charge is 2.76. The first-order valence-electron chi connectivity index (χ1n) is 13.0. The highest BCUT2D eigenvalue weighted by Crippen LogP contribution is 2.71. The zero-order valence-corrected chi connectivity index (χ0v) is 22.3. The summed E-state index contributed by atoms with van der Waals surface area (Å²) in [4.78, 5) is 25.8. The average Bonchev–Trinajstić information content (AvgIpc) is 3.36. The van der Waals surface area contributed by atoms with Crippen molar-refractivity contribution in [3.8, 4) is 5.75 Å². The Balaban J connectivity index is 1.39. The zero-order valence-electron chi connectivity index (χ0n) is 21.5. The minimum atomic E-state index is -1.30. The van der Waals surface area contributed by atoms with E-state index in [1.807, 2.05) is 6.08 Å². The van der Waals surface area contributed by atoms with Gasteiger partial charge in [0.1, 0.15) is 11.6 Å². The lowest BCUT2D eigenvalue weighted by Gasteiger charge is -2.59. The normalized spacial score (nSPS) is 43.9. The molecule has 0 spiro atoms. The van der Waals surface area contributed by atoms with Crippen molar-refractivity contribution in [2.75, 3.05) is 13.4 Å². The molecular formula is C29H33FO6S. The van der Waals surface area contributed by atoms with Crippen molar-refractivity contribution in [3.05, 3.63) is 53.4 Å². The molecule has 37 heavy (non-hydrogen) atoms. The van der Waals surface area contributed by atoms with Gasteiger partial charge in [-0.3, -0.25) is 9.59 Å². The van der Waals surface area contributed by atoms with Gasteiger partial charge >= 0.3 is 0 Å². The number of methoxy groups -OCH3 is 1. The van der Waals surface area contributed by atoms with Gasteiger partial charge in [-0.05, 0) is 68.1 Å². The van der Waals surface area contributed by atoms with E-state index in [-0.39, 0.29) is 34.2 Å². The second-order valence-electron chi connectivity index (χ2n) is 11.6. The largest absolute Gasteiger partial charge is 0.497 e. The number of ether oxygens (including phenoxy) is 3. The van der Waals surface area contributed by atoms with Gasteiger partial charge in [0.25, 0.3) is 0 Å². The molecule has 1 aromatic rings. The Morgan fingerprint density at radius 1 is 1.30 bits per heavy atom. The molecule has 5 aliphatic rings. The van der Waals surface area contributed by atoms with Crippen LogP contribution in [-0.2, 0) is 19.1 Å². The highest BCUT2D eigenvalue weighted by atomic mass is 32.2. The standard InChI is InChI=1S/C29H33FO6S/c1-27-10-9-16(31)11-15(27)5-7-18-20-13-23-29(26(33)37-4,28(20,2)14-22(32)24(18)27)36-25(35-23)19-8-6-17(34-3)12-21(19)30/h6,8-12,18,20,22-25,32H,5,7,13-14H2,1-4H3/t18-,20-,22-,23+,24+,25-,27-,28-,29-/m0/s1. The van der Waals surface area contributed by atoms with Crippen molar-refractivity contribution in [1.29, 1.82) is 0 Å². The Kier molecular flexibility index (Phi) is 5.81. The molecule has 0 unspecified atom stereocenters. The van der Waals surface area contributed by atoms with Gasteiger partial charge in [0.05, 0.1) is 19.3 Å². The maximum atomic E-state index is 15.0. The molecular weight excluding hydrogens is 495 g/mol. The van der Waals surface area contributed by atoms with Crippen molar-refractivity contribution in [2.45, 2.75) is 63.6 Å². The predicted octanol–water partition coefficient (Wildman–Crippen LogP) is 4.77. The van der Waals surface area contributed by atoms with Crippen molar-refractivity contribution < 1.29 is 33.3 Å². The van der Waals surface area contributed by atoms with Crippen molar-refractivity contribution in [2.24, 2.45) is 28.6 Å². The Morgan fingerprint density at radius 2 is 2.08 bits per heavy atom. The van der Waals surface area contributed by atoms with E-state index in [1.54, 1.807) is 30.5 Å². The van der Waals surface area contributed by atoms with Crippen LogP contribution in [0.5, 0.6) is 5.75 Å². The number of thioether (sulfide) groups is 1. The summed E-state index contributed by atoms with van der Waals surface area (Å²) in [6.45, 7) is 4.17. The third kappa shape index (κ3) is 3.28. The maximum absolute atomic E-state index is 15.0. The number of hydrogen-bond acceptors (Lipinski definition) is 7. The van der Waals surface area contributed by atoms with Gasteiger partial charge in [0.15, 0.2) is 17.7 Å². The summed E-state index contributed by atoms with van der Waals surface area (Å²) in [6.07, 6.45) is 7.38. The minimum Gasteiger partial charge on any atom is -0.497 e. The van der Waals surface area contributed by atoms with Crippen molar-refractivity contribution >= 4 is 22.7 Å². The van der Waals surface area contributed by atoms with Crippen LogP contribution in [0.3, 0.4) is 0 Å². The molecule has 6 nitrogen and oxygen atoms in total. The molecule has 6 rings (SSSR count). The lowest BCUT2D eigenvalue weighted by Crippen LogP contribution is -2.62. The zero-order chi connectivity index (χ0) is 26.3. The molecule has 4 aliphatic carbocycles. The number of halogens is 1. The van der Waals surface area contributed by atoms with Crippen molar-refractivity contribution in [1.82, 2.24) is 0 Å². The predicted molar refractivity (Wildman–Crippen MR) is 136 cm³/mol. The molecule has 1 heterocycles. The first kappa shape index (κ1) is 25.3. The molecule has 1 aromatic carbocycles. The summed E-state index contributed by atoms with van der Waals surface area (Å²) >= 11 is 1.10. The fourth-order valence-corrected chi connectivity index (χ4v) is 9.25. The summed E-state index contributed by atoms with van der Waals surface area (Å²) < 4.78 is 33.1. The number of carbonyl (C=O) groups excluding carboxylic acids is 2. The van der Waals surface area contributed by atoms with E-state index in [2.05, 4.69) is 13.8 Å². The van der Waals surface area contributed by atoms with E-state index in [0.717, 1.165) is 30.2 Å². The molecule has 0 aromatic heterocycles. The van der Waals surface area contributed by atoms with Crippen LogP contribution in [-0.4, -0.2) is 47.2 Å². The molecule has 1 N–H and O–H groups in total. The minimum absolute atomic E-state index is 0.000382. The number of aliphatic hydroxyl groups is 1. The number of allylic oxidation sites excluding steroid dienone is 4. The topological polar surface area (TPSA) is 82.1 Å². The van der Waals surface area contributed by atoms with Crippen LogP contribution < -0.4 is 4.74 Å². The van der Waals surface area contributed by atoms with Gasteiger partial charge in [-0.25, -0.2) is 4.39 Å². The van der Waals surface area contributed by atoms with Crippen LogP contribution in [0.2, 0.25) is 0 Å². The van der Waals surface area contributed by atoms with Crippen LogP contribution >= 0.6 is 11.8 Å². The third-order valence-corrected chi connectivity index (χ3v) is 10.9. The van der Waals surface area contributed by atoms with Crippen LogP contribution in [0.1, 0.15) is 51.4 Å².